The van der Waals surface area contributed by atoms with Gasteiger partial charge in [-0.15, -0.1) is 0 Å². The van der Waals surface area contributed by atoms with Gasteiger partial charge in [-0.05, 0) is 31.4 Å². The second-order valence-corrected chi connectivity index (χ2v) is 5.83. The first-order chi connectivity index (χ1) is 11.1. The summed E-state index contributed by atoms with van der Waals surface area (Å²) < 4.78 is 4.97. The highest BCUT2D eigenvalue weighted by Crippen LogP contribution is 2.23. The van der Waals surface area contributed by atoms with Gasteiger partial charge in [0.05, 0.1) is 6.04 Å². The fraction of sp³-hybridized carbons (Fsp3) is 0.333. The van der Waals surface area contributed by atoms with E-state index in [-0.39, 0.29) is 11.9 Å². The molecule has 0 bridgehead atoms. The summed E-state index contributed by atoms with van der Waals surface area (Å²) in [7, 11) is 0. The second kappa shape index (κ2) is 6.79. The molecule has 1 N–H and O–H groups in total. The number of nitrogens with zero attached hydrogens (tertiary/aromatic N) is 2. The summed E-state index contributed by atoms with van der Waals surface area (Å²) in [6, 6.07) is 11.9. The van der Waals surface area contributed by atoms with Crippen LogP contribution in [0.4, 0.5) is 5.82 Å². The number of hydrogen-bond acceptors (Lipinski definition) is 4. The van der Waals surface area contributed by atoms with E-state index in [0.717, 1.165) is 19.5 Å². The Morgan fingerprint density at radius 1 is 1.35 bits per heavy atom. The van der Waals surface area contributed by atoms with Crippen LogP contribution in [0.5, 0.6) is 0 Å². The van der Waals surface area contributed by atoms with Gasteiger partial charge in [-0.1, -0.05) is 41.6 Å². The van der Waals surface area contributed by atoms with Crippen molar-refractivity contribution < 1.29 is 9.32 Å². The van der Waals surface area contributed by atoms with Gasteiger partial charge in [0.25, 0.3) is 0 Å². The molecule has 0 fully saturated rings. The van der Waals surface area contributed by atoms with Gasteiger partial charge in [-0.2, -0.15) is 0 Å². The minimum absolute atomic E-state index is 0.0603. The van der Waals surface area contributed by atoms with Crippen LogP contribution >= 0.6 is 0 Å². The summed E-state index contributed by atoms with van der Waals surface area (Å²) >= 11 is 0. The molecule has 0 saturated carbocycles. The summed E-state index contributed by atoms with van der Waals surface area (Å²) in [5, 5.41) is 6.59. The van der Waals surface area contributed by atoms with Gasteiger partial charge >= 0.3 is 0 Å². The van der Waals surface area contributed by atoms with Crippen LogP contribution in [-0.2, 0) is 4.79 Å². The first-order valence-corrected chi connectivity index (χ1v) is 7.86. The van der Waals surface area contributed by atoms with Crippen LogP contribution in [0.2, 0.25) is 0 Å². The molecule has 1 aromatic heterocycles. The molecule has 1 atom stereocenters. The Balaban J connectivity index is 1.60. The van der Waals surface area contributed by atoms with Gasteiger partial charge in [0.15, 0.2) is 5.82 Å². The van der Waals surface area contributed by atoms with Crippen molar-refractivity contribution >= 4 is 17.3 Å². The number of rotatable bonds is 4. The molecular weight excluding hydrogens is 290 g/mol. The molecule has 1 aliphatic heterocycles. The molecule has 2 heterocycles. The van der Waals surface area contributed by atoms with Crippen LogP contribution in [0.1, 0.15) is 24.7 Å². The van der Waals surface area contributed by atoms with Gasteiger partial charge in [0.1, 0.15) is 5.76 Å². The van der Waals surface area contributed by atoms with Crippen molar-refractivity contribution in [2.45, 2.75) is 26.3 Å². The summed E-state index contributed by atoms with van der Waals surface area (Å²) in [5.74, 6) is 1.09. The SMILES string of the molecule is Cc1cc(NC(=O)[C@@H](C)N2CC=C(c3ccccc3)CC2)no1. The number of nitrogens with one attached hydrogen (secondary N) is 1. The Morgan fingerprint density at radius 3 is 2.74 bits per heavy atom. The second-order valence-electron chi connectivity index (χ2n) is 5.83. The normalized spacial score (nSPS) is 16.7. The molecule has 1 amide bonds. The molecule has 0 unspecified atom stereocenters. The monoisotopic (exact) mass is 311 g/mol. The summed E-state index contributed by atoms with van der Waals surface area (Å²) in [6.07, 6.45) is 3.16. The van der Waals surface area contributed by atoms with Crippen LogP contribution in [0.15, 0.2) is 47.0 Å². The fourth-order valence-electron chi connectivity index (χ4n) is 2.77. The summed E-state index contributed by atoms with van der Waals surface area (Å²) in [4.78, 5) is 14.5. The first-order valence-electron chi connectivity index (χ1n) is 7.86. The lowest BCUT2D eigenvalue weighted by atomic mass is 9.99. The van der Waals surface area contributed by atoms with Crippen LogP contribution in [-0.4, -0.2) is 35.1 Å². The number of anilines is 1. The molecule has 0 radical (unpaired) electrons. The Morgan fingerprint density at radius 2 is 2.13 bits per heavy atom. The average Bonchev–Trinajstić information content (AvgIpc) is 3.00. The van der Waals surface area contributed by atoms with Crippen LogP contribution < -0.4 is 5.32 Å². The molecule has 120 valence electrons. The van der Waals surface area contributed by atoms with E-state index in [1.807, 2.05) is 13.0 Å². The number of amides is 1. The predicted molar refractivity (Wildman–Crippen MR) is 89.9 cm³/mol. The highest BCUT2D eigenvalue weighted by molar-refractivity contribution is 5.93. The van der Waals surface area contributed by atoms with E-state index >= 15 is 0 Å². The van der Waals surface area contributed by atoms with Crippen molar-refractivity contribution in [1.29, 1.82) is 0 Å². The molecule has 2 aromatic rings. The Labute approximate surface area is 136 Å². The maximum Gasteiger partial charge on any atom is 0.242 e. The third-order valence-electron chi connectivity index (χ3n) is 4.19. The van der Waals surface area contributed by atoms with Crippen LogP contribution in [0.25, 0.3) is 5.57 Å². The molecule has 5 heteroatoms. The largest absolute Gasteiger partial charge is 0.360 e. The van der Waals surface area contributed by atoms with Crippen LogP contribution in [0, 0.1) is 6.92 Å². The Hall–Kier alpha value is -2.40. The standard InChI is InChI=1S/C18H21N3O2/c1-13-12-17(20-23-13)19-18(22)14(2)21-10-8-16(9-11-21)15-6-4-3-5-7-15/h3-8,12,14H,9-11H2,1-2H3,(H,19,20,22)/t14-/m1/s1. The molecule has 0 aliphatic carbocycles. The average molecular weight is 311 g/mol. The topological polar surface area (TPSA) is 58.4 Å². The highest BCUT2D eigenvalue weighted by Gasteiger charge is 2.24. The van der Waals surface area contributed by atoms with Crippen LogP contribution in [0.3, 0.4) is 0 Å². The molecule has 23 heavy (non-hydrogen) atoms. The lowest BCUT2D eigenvalue weighted by molar-refractivity contribution is -0.120. The van der Waals surface area contributed by atoms with E-state index in [1.165, 1.54) is 11.1 Å². The number of carbonyl (C=O) groups is 1. The van der Waals surface area contributed by atoms with E-state index in [4.69, 9.17) is 4.52 Å². The maximum absolute atomic E-state index is 12.3. The summed E-state index contributed by atoms with van der Waals surface area (Å²) in [6.45, 7) is 5.36. The molecule has 5 nitrogen and oxygen atoms in total. The van der Waals surface area contributed by atoms with Crippen molar-refractivity contribution in [1.82, 2.24) is 10.1 Å². The zero-order valence-corrected chi connectivity index (χ0v) is 13.5. The summed E-state index contributed by atoms with van der Waals surface area (Å²) in [5.41, 5.74) is 2.61. The van der Waals surface area contributed by atoms with Gasteiger partial charge in [-0.25, -0.2) is 0 Å². The minimum atomic E-state index is -0.208. The first kappa shape index (κ1) is 15.5. The zero-order chi connectivity index (χ0) is 16.2. The number of aryl methyl sites for hydroxylation is 1. The quantitative estimate of drug-likeness (QED) is 0.942. The highest BCUT2D eigenvalue weighted by atomic mass is 16.5. The van der Waals surface area contributed by atoms with Gasteiger partial charge in [-0.3, -0.25) is 9.69 Å². The third kappa shape index (κ3) is 3.68. The molecular formula is C18H21N3O2. The molecule has 0 saturated heterocycles. The predicted octanol–water partition coefficient (Wildman–Crippen LogP) is 3.10. The molecule has 1 aliphatic rings. The minimum Gasteiger partial charge on any atom is -0.360 e. The zero-order valence-electron chi connectivity index (χ0n) is 13.5. The number of aromatic nitrogens is 1. The Kier molecular flexibility index (Phi) is 4.57. The van der Waals surface area contributed by atoms with Gasteiger partial charge in [0, 0.05) is 19.2 Å². The number of carbonyl (C=O) groups excluding carboxylic acids is 1. The van der Waals surface area contributed by atoms with E-state index in [0.29, 0.717) is 11.6 Å². The maximum atomic E-state index is 12.3. The van der Waals surface area contributed by atoms with E-state index in [1.54, 1.807) is 13.0 Å². The lowest BCUT2D eigenvalue weighted by Crippen LogP contribution is -2.44. The lowest BCUT2D eigenvalue weighted by Gasteiger charge is -2.30. The van der Waals surface area contributed by atoms with E-state index < -0.39 is 0 Å². The van der Waals surface area contributed by atoms with Gasteiger partial charge in [0.2, 0.25) is 5.91 Å². The van der Waals surface area contributed by atoms with Crippen molar-refractivity contribution in [3.05, 3.63) is 53.8 Å². The fourth-order valence-corrected chi connectivity index (χ4v) is 2.77. The van der Waals surface area contributed by atoms with Crippen molar-refractivity contribution in [2.75, 3.05) is 18.4 Å². The van der Waals surface area contributed by atoms with E-state index in [2.05, 4.69) is 45.7 Å². The molecule has 1 aromatic carbocycles. The van der Waals surface area contributed by atoms with E-state index in [9.17, 15) is 4.79 Å². The van der Waals surface area contributed by atoms with Gasteiger partial charge < -0.3 is 9.84 Å². The van der Waals surface area contributed by atoms with Crippen molar-refractivity contribution in [3.63, 3.8) is 0 Å². The van der Waals surface area contributed by atoms with Crippen molar-refractivity contribution in [2.24, 2.45) is 0 Å². The Bertz CT molecular complexity index is 706. The number of hydrogen-bond donors (Lipinski definition) is 1. The number of benzene rings is 1. The smallest absolute Gasteiger partial charge is 0.242 e. The third-order valence-corrected chi connectivity index (χ3v) is 4.19. The molecule has 0 spiro atoms. The molecule has 3 rings (SSSR count). The van der Waals surface area contributed by atoms with Crippen molar-refractivity contribution in [3.8, 4) is 0 Å².